The minimum atomic E-state index is -0.0763. The lowest BCUT2D eigenvalue weighted by atomic mass is 10.0. The molecule has 3 nitrogen and oxygen atoms in total. The summed E-state index contributed by atoms with van der Waals surface area (Å²) in [6, 6.07) is 0. The topological polar surface area (TPSA) is 32.3 Å². The largest absolute Gasteiger partial charge is 0.350 e. The average molecular weight is 172 g/mol. The summed E-state index contributed by atoms with van der Waals surface area (Å²) >= 11 is 0. The number of hydrogen-bond donors (Lipinski definition) is 1. The molecular formula is C9H20N2O. The van der Waals surface area contributed by atoms with Crippen LogP contribution in [0.1, 0.15) is 27.2 Å². The van der Waals surface area contributed by atoms with Gasteiger partial charge in [-0.15, -0.1) is 0 Å². The van der Waals surface area contributed by atoms with Gasteiger partial charge in [-0.3, -0.25) is 4.79 Å². The highest BCUT2D eigenvalue weighted by atomic mass is 16.2. The number of nitrogens with one attached hydrogen (secondary N) is 1. The maximum atomic E-state index is 11.3. The predicted octanol–water partition coefficient (Wildman–Crippen LogP) is 0.853. The van der Waals surface area contributed by atoms with Gasteiger partial charge >= 0.3 is 0 Å². The van der Waals surface area contributed by atoms with Crippen molar-refractivity contribution in [2.24, 2.45) is 0 Å². The molecule has 0 heterocycles. The molecular weight excluding hydrogens is 152 g/mol. The third-order valence-corrected chi connectivity index (χ3v) is 1.82. The summed E-state index contributed by atoms with van der Waals surface area (Å²) in [5.74, 6) is 0.0897. The lowest BCUT2D eigenvalue weighted by Crippen LogP contribution is -2.46. The monoisotopic (exact) mass is 172 g/mol. The van der Waals surface area contributed by atoms with E-state index in [1.54, 1.807) is 0 Å². The molecule has 0 atom stereocenters. The van der Waals surface area contributed by atoms with Crippen LogP contribution >= 0.6 is 0 Å². The van der Waals surface area contributed by atoms with Gasteiger partial charge in [0, 0.05) is 5.54 Å². The van der Waals surface area contributed by atoms with Crippen LogP contribution < -0.4 is 5.32 Å². The summed E-state index contributed by atoms with van der Waals surface area (Å²) in [6.07, 6.45) is 0.951. The molecule has 0 fully saturated rings. The summed E-state index contributed by atoms with van der Waals surface area (Å²) in [4.78, 5) is 13.1. The fourth-order valence-corrected chi connectivity index (χ4v) is 0.793. The summed E-state index contributed by atoms with van der Waals surface area (Å²) in [6.45, 7) is 6.58. The van der Waals surface area contributed by atoms with Crippen LogP contribution in [0.15, 0.2) is 0 Å². The van der Waals surface area contributed by atoms with E-state index in [9.17, 15) is 4.79 Å². The molecule has 0 aliphatic heterocycles. The molecule has 0 aromatic carbocycles. The van der Waals surface area contributed by atoms with E-state index < -0.39 is 0 Å². The molecule has 0 aliphatic rings. The number of nitrogens with zero attached hydrogens (tertiary/aromatic N) is 1. The molecule has 0 aromatic rings. The Morgan fingerprint density at radius 2 is 1.92 bits per heavy atom. The number of carbonyl (C=O) groups is 1. The van der Waals surface area contributed by atoms with Crippen molar-refractivity contribution in [2.45, 2.75) is 32.7 Å². The SMILES string of the molecule is CCC(C)(C)NC(=O)CN(C)C. The standard InChI is InChI=1S/C9H20N2O/c1-6-9(2,3)10-8(12)7-11(4)5/h6-7H2,1-5H3,(H,10,12). The number of carbonyl (C=O) groups excluding carboxylic acids is 1. The molecule has 3 heteroatoms. The molecule has 72 valence electrons. The Morgan fingerprint density at radius 3 is 2.25 bits per heavy atom. The van der Waals surface area contributed by atoms with Crippen molar-refractivity contribution in [3.05, 3.63) is 0 Å². The van der Waals surface area contributed by atoms with Crippen LogP contribution in [0.4, 0.5) is 0 Å². The number of hydrogen-bond acceptors (Lipinski definition) is 2. The minimum absolute atomic E-state index is 0.0763. The molecule has 1 amide bonds. The molecule has 0 rings (SSSR count). The lowest BCUT2D eigenvalue weighted by Gasteiger charge is -2.25. The summed E-state index contributed by atoms with van der Waals surface area (Å²) in [5.41, 5.74) is -0.0763. The Bertz CT molecular complexity index is 153. The highest BCUT2D eigenvalue weighted by Crippen LogP contribution is 2.05. The van der Waals surface area contributed by atoms with E-state index in [1.807, 2.05) is 32.8 Å². The molecule has 0 saturated carbocycles. The molecule has 0 spiro atoms. The van der Waals surface area contributed by atoms with Gasteiger partial charge in [0.05, 0.1) is 6.54 Å². The molecule has 0 bridgehead atoms. The minimum Gasteiger partial charge on any atom is -0.350 e. The molecule has 12 heavy (non-hydrogen) atoms. The van der Waals surface area contributed by atoms with Crippen LogP contribution in [0.2, 0.25) is 0 Å². The smallest absolute Gasteiger partial charge is 0.234 e. The summed E-state index contributed by atoms with van der Waals surface area (Å²) < 4.78 is 0. The Hall–Kier alpha value is -0.570. The van der Waals surface area contributed by atoms with Gasteiger partial charge in [0.15, 0.2) is 0 Å². The number of amides is 1. The van der Waals surface area contributed by atoms with Gasteiger partial charge in [-0.1, -0.05) is 6.92 Å². The Kier molecular flexibility index (Phi) is 4.24. The quantitative estimate of drug-likeness (QED) is 0.682. The maximum Gasteiger partial charge on any atom is 0.234 e. The Morgan fingerprint density at radius 1 is 1.42 bits per heavy atom. The molecule has 0 aliphatic carbocycles. The number of likely N-dealkylation sites (N-methyl/N-ethyl adjacent to an activating group) is 1. The van der Waals surface area contributed by atoms with E-state index in [2.05, 4.69) is 12.2 Å². The normalized spacial score (nSPS) is 11.8. The van der Waals surface area contributed by atoms with Crippen LogP contribution in [0.25, 0.3) is 0 Å². The first-order valence-electron chi connectivity index (χ1n) is 4.33. The van der Waals surface area contributed by atoms with Crippen molar-refractivity contribution in [2.75, 3.05) is 20.6 Å². The van der Waals surface area contributed by atoms with Crippen molar-refractivity contribution >= 4 is 5.91 Å². The highest BCUT2D eigenvalue weighted by molar-refractivity contribution is 5.78. The van der Waals surface area contributed by atoms with Crippen molar-refractivity contribution in [1.29, 1.82) is 0 Å². The zero-order valence-corrected chi connectivity index (χ0v) is 8.77. The second kappa shape index (κ2) is 4.45. The van der Waals surface area contributed by atoms with E-state index in [0.717, 1.165) is 6.42 Å². The van der Waals surface area contributed by atoms with Crippen LogP contribution in [-0.2, 0) is 4.79 Å². The van der Waals surface area contributed by atoms with Crippen molar-refractivity contribution < 1.29 is 4.79 Å². The van der Waals surface area contributed by atoms with Crippen molar-refractivity contribution in [3.63, 3.8) is 0 Å². The van der Waals surface area contributed by atoms with Gasteiger partial charge in [-0.05, 0) is 34.4 Å². The first-order chi connectivity index (χ1) is 5.37. The third kappa shape index (κ3) is 5.13. The second-order valence-electron chi connectivity index (χ2n) is 4.02. The van der Waals surface area contributed by atoms with Crippen LogP contribution in [0.5, 0.6) is 0 Å². The van der Waals surface area contributed by atoms with Crippen LogP contribution in [0, 0.1) is 0 Å². The first-order valence-corrected chi connectivity index (χ1v) is 4.33. The zero-order valence-electron chi connectivity index (χ0n) is 8.77. The zero-order chi connectivity index (χ0) is 9.78. The van der Waals surface area contributed by atoms with Crippen LogP contribution in [-0.4, -0.2) is 37.0 Å². The fraction of sp³-hybridized carbons (Fsp3) is 0.889. The van der Waals surface area contributed by atoms with Gasteiger partial charge in [0.1, 0.15) is 0 Å². The van der Waals surface area contributed by atoms with Gasteiger partial charge in [0.2, 0.25) is 5.91 Å². The Balaban J connectivity index is 3.84. The van der Waals surface area contributed by atoms with Gasteiger partial charge < -0.3 is 10.2 Å². The lowest BCUT2D eigenvalue weighted by molar-refractivity contribution is -0.123. The van der Waals surface area contributed by atoms with E-state index in [4.69, 9.17) is 0 Å². The maximum absolute atomic E-state index is 11.3. The van der Waals surface area contributed by atoms with E-state index in [0.29, 0.717) is 6.54 Å². The average Bonchev–Trinajstić information content (AvgIpc) is 1.84. The third-order valence-electron chi connectivity index (χ3n) is 1.82. The summed E-state index contributed by atoms with van der Waals surface area (Å²) in [5, 5.41) is 2.96. The molecule has 0 saturated heterocycles. The molecule has 1 N–H and O–H groups in total. The highest BCUT2D eigenvalue weighted by Gasteiger charge is 2.17. The second-order valence-corrected chi connectivity index (χ2v) is 4.02. The van der Waals surface area contributed by atoms with E-state index >= 15 is 0 Å². The van der Waals surface area contributed by atoms with Gasteiger partial charge in [-0.2, -0.15) is 0 Å². The van der Waals surface area contributed by atoms with E-state index in [1.165, 1.54) is 0 Å². The van der Waals surface area contributed by atoms with Crippen molar-refractivity contribution in [3.8, 4) is 0 Å². The summed E-state index contributed by atoms with van der Waals surface area (Å²) in [7, 11) is 3.77. The molecule has 0 aromatic heterocycles. The number of rotatable bonds is 4. The van der Waals surface area contributed by atoms with Gasteiger partial charge in [-0.25, -0.2) is 0 Å². The fourth-order valence-electron chi connectivity index (χ4n) is 0.793. The molecule has 0 unspecified atom stereocenters. The van der Waals surface area contributed by atoms with Gasteiger partial charge in [0.25, 0.3) is 0 Å². The predicted molar refractivity (Wildman–Crippen MR) is 51.1 cm³/mol. The first kappa shape index (κ1) is 11.4. The molecule has 0 radical (unpaired) electrons. The van der Waals surface area contributed by atoms with Crippen LogP contribution in [0.3, 0.4) is 0 Å². The van der Waals surface area contributed by atoms with Crippen molar-refractivity contribution in [1.82, 2.24) is 10.2 Å². The van der Waals surface area contributed by atoms with E-state index in [-0.39, 0.29) is 11.4 Å². The Labute approximate surface area is 75.1 Å².